The molecular formula is C12H19ClF3N3S. The van der Waals surface area contributed by atoms with Crippen molar-refractivity contribution in [3.63, 3.8) is 0 Å². The molecule has 1 aromatic rings. The van der Waals surface area contributed by atoms with Crippen LogP contribution in [0, 0.1) is 6.92 Å². The lowest BCUT2D eigenvalue weighted by atomic mass is 10.1. The number of thiazole rings is 1. The van der Waals surface area contributed by atoms with Crippen molar-refractivity contribution in [3.05, 3.63) is 15.6 Å². The summed E-state index contributed by atoms with van der Waals surface area (Å²) in [5.74, 6) is 0. The van der Waals surface area contributed by atoms with Gasteiger partial charge in [0.15, 0.2) is 5.69 Å². The monoisotopic (exact) mass is 329 g/mol. The molecular weight excluding hydrogens is 311 g/mol. The van der Waals surface area contributed by atoms with Crippen molar-refractivity contribution >= 4 is 23.7 Å². The molecule has 0 aromatic carbocycles. The highest BCUT2D eigenvalue weighted by atomic mass is 35.5. The number of piperidine rings is 1. The number of nitrogens with zero attached hydrogens (tertiary/aromatic N) is 2. The van der Waals surface area contributed by atoms with Crippen LogP contribution in [0.25, 0.3) is 0 Å². The first-order chi connectivity index (χ1) is 8.90. The molecule has 0 radical (unpaired) electrons. The Morgan fingerprint density at radius 2 is 1.95 bits per heavy atom. The number of alkyl halides is 3. The molecule has 1 saturated heterocycles. The Balaban J connectivity index is 0.00000200. The maximum absolute atomic E-state index is 12.8. The molecule has 1 aliphatic rings. The molecule has 20 heavy (non-hydrogen) atoms. The Hall–Kier alpha value is -0.370. The van der Waals surface area contributed by atoms with Crippen LogP contribution in [-0.4, -0.2) is 36.1 Å². The Kier molecular flexibility index (Phi) is 6.25. The van der Waals surface area contributed by atoms with Gasteiger partial charge in [0.1, 0.15) is 0 Å². The molecule has 8 heteroatoms. The smallest absolute Gasteiger partial charge is 0.317 e. The second kappa shape index (κ2) is 7.06. The van der Waals surface area contributed by atoms with Gasteiger partial charge in [0.2, 0.25) is 0 Å². The number of halogens is 4. The quantitative estimate of drug-likeness (QED) is 0.923. The Bertz CT molecular complexity index is 428. The summed E-state index contributed by atoms with van der Waals surface area (Å²) in [5, 5.41) is 3.69. The summed E-state index contributed by atoms with van der Waals surface area (Å²) in [6.45, 7) is 3.65. The van der Waals surface area contributed by atoms with Crippen molar-refractivity contribution in [3.8, 4) is 0 Å². The number of hydrogen-bond donors (Lipinski definition) is 1. The lowest BCUT2D eigenvalue weighted by Gasteiger charge is -2.31. The highest BCUT2D eigenvalue weighted by Gasteiger charge is 2.37. The van der Waals surface area contributed by atoms with Gasteiger partial charge in [-0.3, -0.25) is 4.90 Å². The van der Waals surface area contributed by atoms with Gasteiger partial charge in [-0.2, -0.15) is 13.2 Å². The third-order valence-corrected chi connectivity index (χ3v) is 4.39. The molecule has 3 nitrogen and oxygen atoms in total. The van der Waals surface area contributed by atoms with E-state index in [-0.39, 0.29) is 12.4 Å². The van der Waals surface area contributed by atoms with Gasteiger partial charge in [0.25, 0.3) is 0 Å². The van der Waals surface area contributed by atoms with E-state index in [2.05, 4.69) is 15.2 Å². The lowest BCUT2D eigenvalue weighted by Crippen LogP contribution is -2.40. The summed E-state index contributed by atoms with van der Waals surface area (Å²) in [5.41, 5.74) is -0.703. The van der Waals surface area contributed by atoms with Crippen LogP contribution in [0.3, 0.4) is 0 Å². The van der Waals surface area contributed by atoms with Gasteiger partial charge in [-0.15, -0.1) is 23.7 Å². The summed E-state index contributed by atoms with van der Waals surface area (Å²) in [6, 6.07) is 0.488. The minimum absolute atomic E-state index is 0. The zero-order valence-electron chi connectivity index (χ0n) is 11.5. The summed E-state index contributed by atoms with van der Waals surface area (Å²) in [6.07, 6.45) is -2.38. The second-order valence-electron chi connectivity index (χ2n) is 4.84. The van der Waals surface area contributed by atoms with E-state index in [0.717, 1.165) is 37.3 Å². The first kappa shape index (κ1) is 17.7. The molecule has 0 spiro atoms. The Morgan fingerprint density at radius 1 is 1.35 bits per heavy atom. The van der Waals surface area contributed by atoms with E-state index in [1.54, 1.807) is 6.92 Å². The van der Waals surface area contributed by atoms with Gasteiger partial charge < -0.3 is 5.32 Å². The Morgan fingerprint density at radius 3 is 2.45 bits per heavy atom. The maximum Gasteiger partial charge on any atom is 0.434 e. The van der Waals surface area contributed by atoms with Gasteiger partial charge in [-0.05, 0) is 26.8 Å². The van der Waals surface area contributed by atoms with E-state index in [0.29, 0.717) is 22.5 Å². The topological polar surface area (TPSA) is 28.2 Å². The highest BCUT2D eigenvalue weighted by molar-refractivity contribution is 7.11. The largest absolute Gasteiger partial charge is 0.434 e. The standard InChI is InChI=1S/C12H18F3N3S.ClH/c1-8-17-11(12(13,14)15)10(19-8)7-18-5-3-9(16-2)4-6-18;/h9,16H,3-7H2,1-2H3;1H. The molecule has 0 saturated carbocycles. The zero-order valence-corrected chi connectivity index (χ0v) is 13.1. The SMILES string of the molecule is CNC1CCN(Cc2sc(C)nc2C(F)(F)F)CC1.Cl. The molecule has 2 heterocycles. The Labute approximate surface area is 127 Å². The number of rotatable bonds is 3. The molecule has 116 valence electrons. The fraction of sp³-hybridized carbons (Fsp3) is 0.750. The van der Waals surface area contributed by atoms with Crippen LogP contribution >= 0.6 is 23.7 Å². The number of nitrogens with one attached hydrogen (secondary N) is 1. The van der Waals surface area contributed by atoms with E-state index in [1.165, 1.54) is 0 Å². The van der Waals surface area contributed by atoms with Crippen LogP contribution in [0.1, 0.15) is 28.4 Å². The summed E-state index contributed by atoms with van der Waals surface area (Å²) >= 11 is 1.15. The first-order valence-electron chi connectivity index (χ1n) is 6.33. The van der Waals surface area contributed by atoms with Crippen molar-refractivity contribution in [1.29, 1.82) is 0 Å². The van der Waals surface area contributed by atoms with Crippen LogP contribution in [0.5, 0.6) is 0 Å². The van der Waals surface area contributed by atoms with Crippen molar-refractivity contribution in [1.82, 2.24) is 15.2 Å². The number of aromatic nitrogens is 1. The summed E-state index contributed by atoms with van der Waals surface area (Å²) in [4.78, 5) is 6.05. The van der Waals surface area contributed by atoms with E-state index in [9.17, 15) is 13.2 Å². The van der Waals surface area contributed by atoms with E-state index in [1.807, 2.05) is 7.05 Å². The molecule has 2 rings (SSSR count). The third kappa shape index (κ3) is 4.31. The third-order valence-electron chi connectivity index (χ3n) is 3.44. The molecule has 1 N–H and O–H groups in total. The fourth-order valence-electron chi connectivity index (χ4n) is 2.38. The first-order valence-corrected chi connectivity index (χ1v) is 7.15. The summed E-state index contributed by atoms with van der Waals surface area (Å²) < 4.78 is 38.5. The molecule has 0 amide bonds. The minimum atomic E-state index is -4.34. The molecule has 0 atom stereocenters. The lowest BCUT2D eigenvalue weighted by molar-refractivity contribution is -0.141. The van der Waals surface area contributed by atoms with Crippen LogP contribution in [-0.2, 0) is 12.7 Å². The van der Waals surface area contributed by atoms with E-state index >= 15 is 0 Å². The van der Waals surface area contributed by atoms with Crippen LogP contribution < -0.4 is 5.32 Å². The van der Waals surface area contributed by atoms with Gasteiger partial charge in [0.05, 0.1) is 9.88 Å². The van der Waals surface area contributed by atoms with Crippen molar-refractivity contribution in [2.24, 2.45) is 0 Å². The second-order valence-corrected chi connectivity index (χ2v) is 6.13. The molecule has 1 aromatic heterocycles. The minimum Gasteiger partial charge on any atom is -0.317 e. The van der Waals surface area contributed by atoms with Gasteiger partial charge >= 0.3 is 6.18 Å². The highest BCUT2D eigenvalue weighted by Crippen LogP contribution is 2.35. The molecule has 0 bridgehead atoms. The number of hydrogen-bond acceptors (Lipinski definition) is 4. The predicted molar refractivity (Wildman–Crippen MR) is 76.5 cm³/mol. The van der Waals surface area contributed by atoms with Crippen molar-refractivity contribution in [2.75, 3.05) is 20.1 Å². The van der Waals surface area contributed by atoms with E-state index < -0.39 is 11.9 Å². The van der Waals surface area contributed by atoms with Crippen LogP contribution in [0.2, 0.25) is 0 Å². The molecule has 0 aliphatic carbocycles. The van der Waals surface area contributed by atoms with Crippen molar-refractivity contribution in [2.45, 2.75) is 38.5 Å². The summed E-state index contributed by atoms with van der Waals surface area (Å²) in [7, 11) is 1.93. The number of likely N-dealkylation sites (tertiary alicyclic amines) is 1. The van der Waals surface area contributed by atoms with Crippen LogP contribution in [0.4, 0.5) is 13.2 Å². The normalized spacial score (nSPS) is 18.1. The average molecular weight is 330 g/mol. The van der Waals surface area contributed by atoms with E-state index in [4.69, 9.17) is 0 Å². The van der Waals surface area contributed by atoms with Crippen LogP contribution in [0.15, 0.2) is 0 Å². The van der Waals surface area contributed by atoms with Gasteiger partial charge in [0, 0.05) is 25.7 Å². The predicted octanol–water partition coefficient (Wildman–Crippen LogP) is 3.08. The molecule has 1 aliphatic heterocycles. The number of aryl methyl sites for hydroxylation is 1. The average Bonchev–Trinajstić information content (AvgIpc) is 2.71. The fourth-order valence-corrected chi connectivity index (χ4v) is 3.38. The molecule has 0 unspecified atom stereocenters. The molecule has 1 fully saturated rings. The van der Waals surface area contributed by atoms with Gasteiger partial charge in [-0.25, -0.2) is 4.98 Å². The zero-order chi connectivity index (χ0) is 14.0. The van der Waals surface area contributed by atoms with Gasteiger partial charge in [-0.1, -0.05) is 0 Å². The van der Waals surface area contributed by atoms with Crippen molar-refractivity contribution < 1.29 is 13.2 Å². The maximum atomic E-state index is 12.8.